The van der Waals surface area contributed by atoms with E-state index in [2.05, 4.69) is 5.32 Å². The van der Waals surface area contributed by atoms with E-state index in [1.165, 1.54) is 43.4 Å². The number of carbonyl (C=O) groups is 2. The zero-order chi connectivity index (χ0) is 31.0. The maximum atomic E-state index is 14.1. The highest BCUT2D eigenvalue weighted by Gasteiger charge is 2.33. The number of sulfonamides is 1. The summed E-state index contributed by atoms with van der Waals surface area (Å²) in [4.78, 5) is 28.6. The highest BCUT2D eigenvalue weighted by atomic mass is 35.5. The van der Waals surface area contributed by atoms with E-state index in [-0.39, 0.29) is 39.8 Å². The number of ether oxygens (including phenoxy) is 2. The summed E-state index contributed by atoms with van der Waals surface area (Å²) in [6, 6.07) is 16.2. The lowest BCUT2D eigenvalue weighted by atomic mass is 10.1. The van der Waals surface area contributed by atoms with Crippen molar-refractivity contribution in [1.82, 2.24) is 10.2 Å². The molecule has 2 amide bonds. The zero-order valence-corrected chi connectivity index (χ0v) is 26.5. The molecule has 0 radical (unpaired) electrons. The molecule has 1 N–H and O–H groups in total. The van der Waals surface area contributed by atoms with Crippen molar-refractivity contribution in [3.63, 3.8) is 0 Å². The van der Waals surface area contributed by atoms with Crippen molar-refractivity contribution >= 4 is 50.7 Å². The van der Waals surface area contributed by atoms with Gasteiger partial charge in [-0.1, -0.05) is 54.4 Å². The minimum atomic E-state index is -4.23. The molecular formula is C30H35Cl2N3O6S. The minimum Gasteiger partial charge on any atom is -0.493 e. The minimum absolute atomic E-state index is 0.00817. The number of nitrogens with zero attached hydrogens (tertiary/aromatic N) is 2. The number of rotatable bonds is 13. The molecule has 3 aromatic rings. The van der Waals surface area contributed by atoms with E-state index in [4.69, 9.17) is 32.7 Å². The second kappa shape index (κ2) is 14.6. The number of nitrogens with one attached hydrogen (secondary N) is 1. The van der Waals surface area contributed by atoms with Gasteiger partial charge in [0.2, 0.25) is 11.8 Å². The van der Waals surface area contributed by atoms with Crippen LogP contribution < -0.4 is 19.1 Å². The van der Waals surface area contributed by atoms with Gasteiger partial charge in [0.15, 0.2) is 11.5 Å². The van der Waals surface area contributed by atoms with Gasteiger partial charge in [-0.2, -0.15) is 0 Å². The smallest absolute Gasteiger partial charge is 0.264 e. The molecule has 12 heteroatoms. The molecule has 3 rings (SSSR count). The molecule has 0 fully saturated rings. The molecule has 0 unspecified atom stereocenters. The number of methoxy groups -OCH3 is 2. The molecule has 42 heavy (non-hydrogen) atoms. The largest absolute Gasteiger partial charge is 0.493 e. The lowest BCUT2D eigenvalue weighted by Crippen LogP contribution is -2.52. The van der Waals surface area contributed by atoms with Gasteiger partial charge in [0.05, 0.1) is 34.8 Å². The number of amides is 2. The van der Waals surface area contributed by atoms with Crippen LogP contribution in [0.25, 0.3) is 0 Å². The van der Waals surface area contributed by atoms with Gasteiger partial charge in [-0.15, -0.1) is 0 Å². The Hall–Kier alpha value is -3.47. The van der Waals surface area contributed by atoms with Crippen LogP contribution in [0.3, 0.4) is 0 Å². The molecule has 0 heterocycles. The predicted molar refractivity (Wildman–Crippen MR) is 165 cm³/mol. The summed E-state index contributed by atoms with van der Waals surface area (Å²) in [7, 11) is -1.34. The molecule has 2 atom stereocenters. The van der Waals surface area contributed by atoms with Crippen molar-refractivity contribution in [2.75, 3.05) is 25.1 Å². The van der Waals surface area contributed by atoms with Crippen LogP contribution in [-0.4, -0.2) is 58.0 Å². The Morgan fingerprint density at radius 1 is 0.905 bits per heavy atom. The Labute approximate surface area is 257 Å². The van der Waals surface area contributed by atoms with E-state index in [1.54, 1.807) is 49.4 Å². The molecule has 0 saturated heterocycles. The van der Waals surface area contributed by atoms with Crippen molar-refractivity contribution < 1.29 is 27.5 Å². The number of hydrogen-bond donors (Lipinski definition) is 1. The quantitative estimate of drug-likeness (QED) is 0.264. The molecule has 0 aliphatic heterocycles. The topological polar surface area (TPSA) is 105 Å². The Morgan fingerprint density at radius 3 is 2.17 bits per heavy atom. The van der Waals surface area contributed by atoms with Gasteiger partial charge in [0.25, 0.3) is 10.0 Å². The highest BCUT2D eigenvalue weighted by molar-refractivity contribution is 7.92. The maximum Gasteiger partial charge on any atom is 0.264 e. The summed E-state index contributed by atoms with van der Waals surface area (Å²) in [6.07, 6.45) is 0.696. The van der Waals surface area contributed by atoms with E-state index in [9.17, 15) is 18.0 Å². The molecule has 0 spiro atoms. The van der Waals surface area contributed by atoms with Gasteiger partial charge >= 0.3 is 0 Å². The zero-order valence-electron chi connectivity index (χ0n) is 24.1. The van der Waals surface area contributed by atoms with Crippen LogP contribution in [0.2, 0.25) is 10.0 Å². The van der Waals surface area contributed by atoms with E-state index in [0.29, 0.717) is 22.8 Å². The molecule has 9 nitrogen and oxygen atoms in total. The summed E-state index contributed by atoms with van der Waals surface area (Å²) in [5, 5.41) is 3.53. The molecule has 0 aliphatic rings. The average molecular weight is 637 g/mol. The third-order valence-corrected chi connectivity index (χ3v) is 9.30. The van der Waals surface area contributed by atoms with Crippen molar-refractivity contribution in [3.8, 4) is 11.5 Å². The van der Waals surface area contributed by atoms with Crippen molar-refractivity contribution in [2.24, 2.45) is 0 Å². The Morgan fingerprint density at radius 2 is 1.57 bits per heavy atom. The van der Waals surface area contributed by atoms with Gasteiger partial charge in [-0.3, -0.25) is 13.9 Å². The normalized spacial score (nSPS) is 12.6. The third kappa shape index (κ3) is 7.87. The van der Waals surface area contributed by atoms with Gasteiger partial charge in [0, 0.05) is 18.7 Å². The molecular weight excluding hydrogens is 601 g/mol. The first-order valence-electron chi connectivity index (χ1n) is 13.3. The summed E-state index contributed by atoms with van der Waals surface area (Å²) < 4.78 is 39.6. The van der Waals surface area contributed by atoms with E-state index in [1.807, 2.05) is 13.8 Å². The van der Waals surface area contributed by atoms with E-state index in [0.717, 1.165) is 4.31 Å². The number of hydrogen-bond acceptors (Lipinski definition) is 6. The van der Waals surface area contributed by atoms with E-state index >= 15 is 0 Å². The fourth-order valence-corrected chi connectivity index (χ4v) is 5.86. The van der Waals surface area contributed by atoms with E-state index < -0.39 is 28.5 Å². The summed E-state index contributed by atoms with van der Waals surface area (Å²) in [5.74, 6) is -0.311. The fourth-order valence-electron chi connectivity index (χ4n) is 4.11. The fraction of sp³-hybridized carbons (Fsp3) is 0.333. The van der Waals surface area contributed by atoms with Crippen LogP contribution in [-0.2, 0) is 26.2 Å². The van der Waals surface area contributed by atoms with Crippen LogP contribution in [0.15, 0.2) is 71.6 Å². The SMILES string of the molecule is CC[C@H](C)NC(=O)[C@H](C)N(Cc1ccc(Cl)c(Cl)c1)C(=O)CN(c1ccc(OC)c(OC)c1)S(=O)(=O)c1ccccc1. The average Bonchev–Trinajstić information content (AvgIpc) is 2.99. The first-order valence-corrected chi connectivity index (χ1v) is 15.5. The van der Waals surface area contributed by atoms with Crippen LogP contribution in [0, 0.1) is 0 Å². The lowest BCUT2D eigenvalue weighted by Gasteiger charge is -2.32. The second-order valence-electron chi connectivity index (χ2n) is 9.63. The Bertz CT molecular complexity index is 1500. The van der Waals surface area contributed by atoms with Gasteiger partial charge in [-0.05, 0) is 62.2 Å². The van der Waals surface area contributed by atoms with Crippen LogP contribution in [0.5, 0.6) is 11.5 Å². The maximum absolute atomic E-state index is 14.1. The molecule has 226 valence electrons. The monoisotopic (exact) mass is 635 g/mol. The van der Waals surface area contributed by atoms with Crippen molar-refractivity contribution in [1.29, 1.82) is 0 Å². The van der Waals surface area contributed by atoms with Crippen LogP contribution >= 0.6 is 23.2 Å². The lowest BCUT2D eigenvalue weighted by molar-refractivity contribution is -0.139. The third-order valence-electron chi connectivity index (χ3n) is 6.77. The van der Waals surface area contributed by atoms with Crippen molar-refractivity contribution in [3.05, 3.63) is 82.3 Å². The molecule has 0 bridgehead atoms. The summed E-state index contributed by atoms with van der Waals surface area (Å²) in [5.41, 5.74) is 0.792. The number of carbonyl (C=O) groups excluding carboxylic acids is 2. The number of benzene rings is 3. The summed E-state index contributed by atoms with van der Waals surface area (Å²) in [6.45, 7) is 4.77. The first-order chi connectivity index (χ1) is 19.9. The van der Waals surface area contributed by atoms with Gasteiger partial charge in [-0.25, -0.2) is 8.42 Å². The van der Waals surface area contributed by atoms with Gasteiger partial charge < -0.3 is 19.7 Å². The first kappa shape index (κ1) is 33.0. The van der Waals surface area contributed by atoms with Crippen LogP contribution in [0.4, 0.5) is 5.69 Å². The van der Waals surface area contributed by atoms with Crippen LogP contribution in [0.1, 0.15) is 32.8 Å². The summed E-state index contributed by atoms with van der Waals surface area (Å²) >= 11 is 12.3. The Balaban J connectivity index is 2.08. The van der Waals surface area contributed by atoms with Gasteiger partial charge in [0.1, 0.15) is 12.6 Å². The number of anilines is 1. The standard InChI is InChI=1S/C30H35Cl2N3O6S/c1-6-20(2)33-30(37)21(3)34(18-22-12-14-25(31)26(32)16-22)29(36)19-35(42(38,39)24-10-8-7-9-11-24)23-13-15-27(40-4)28(17-23)41-5/h7-17,20-21H,6,18-19H2,1-5H3,(H,33,37)/t20-,21-/m0/s1. The highest BCUT2D eigenvalue weighted by Crippen LogP contribution is 2.34. The Kier molecular flexibility index (Phi) is 11.5. The second-order valence-corrected chi connectivity index (χ2v) is 12.3. The predicted octanol–water partition coefficient (Wildman–Crippen LogP) is 5.54. The molecule has 3 aromatic carbocycles. The molecule has 0 saturated carbocycles. The molecule has 0 aromatic heterocycles. The number of halogens is 2. The molecule has 0 aliphatic carbocycles. The van der Waals surface area contributed by atoms with Crippen molar-refractivity contribution in [2.45, 2.75) is 50.7 Å².